The number of unbranched alkanes of at least 4 members (excludes halogenated alkanes) is 15. The van der Waals surface area contributed by atoms with Crippen LogP contribution in [0.3, 0.4) is 0 Å². The van der Waals surface area contributed by atoms with Gasteiger partial charge in [0.15, 0.2) is 0 Å². The van der Waals surface area contributed by atoms with E-state index in [2.05, 4.69) is 6.92 Å². The first-order valence-corrected chi connectivity index (χ1v) is 12.1. The molecule has 0 saturated heterocycles. The Morgan fingerprint density at radius 2 is 1.00 bits per heavy atom. The molecule has 0 bridgehead atoms. The Morgan fingerprint density at radius 3 is 1.39 bits per heavy atom. The molecule has 0 aliphatic carbocycles. The molecule has 0 aliphatic rings. The average molecular weight is 441 g/mol. The van der Waals surface area contributed by atoms with Gasteiger partial charge in [-0.2, -0.15) is 0 Å². The van der Waals surface area contributed by atoms with E-state index in [9.17, 15) is 14.7 Å². The molecule has 0 amide bonds. The van der Waals surface area contributed by atoms with Crippen molar-refractivity contribution in [2.75, 3.05) is 6.61 Å². The first kappa shape index (κ1) is 30.2. The van der Waals surface area contributed by atoms with E-state index in [0.29, 0.717) is 12.2 Å². The van der Waals surface area contributed by atoms with Crippen LogP contribution in [0.25, 0.3) is 0 Å². The van der Waals surface area contributed by atoms with Gasteiger partial charge >= 0.3 is 35.5 Å². The van der Waals surface area contributed by atoms with Crippen molar-refractivity contribution >= 4 is 11.9 Å². The van der Waals surface area contributed by atoms with Crippen molar-refractivity contribution in [1.82, 2.24) is 0 Å². The fourth-order valence-corrected chi connectivity index (χ4v) is 3.64. The molecule has 1 rings (SSSR count). The molecule has 0 N–H and O–H groups in total. The molecule has 1 aromatic rings. The maximum atomic E-state index is 11.9. The summed E-state index contributed by atoms with van der Waals surface area (Å²) in [5, 5.41) is 10.7. The fraction of sp³-hybridized carbons (Fsp3) is 0.692. The van der Waals surface area contributed by atoms with Crippen molar-refractivity contribution in [2.24, 2.45) is 0 Å². The van der Waals surface area contributed by atoms with Crippen LogP contribution in [0.1, 0.15) is 130 Å². The smallest absolute Gasteiger partial charge is 0.545 e. The molecule has 4 nitrogen and oxygen atoms in total. The molecule has 31 heavy (non-hydrogen) atoms. The minimum Gasteiger partial charge on any atom is -0.545 e. The standard InChI is InChI=1S/C26H42O4.Na/c1-2-3-4-5-6-7-8-9-10-11-12-13-14-15-16-17-22-30-26(29)24-20-18-23(19-21-24)25(27)28;/h18-21H,2-17,22H2,1H3,(H,27,28);/q;+1/p-1. The van der Waals surface area contributed by atoms with Gasteiger partial charge in [-0.3, -0.25) is 0 Å². The number of carbonyl (C=O) groups is 2. The number of aromatic carboxylic acids is 1. The zero-order valence-electron chi connectivity index (χ0n) is 20.0. The summed E-state index contributed by atoms with van der Waals surface area (Å²) >= 11 is 0. The fourth-order valence-electron chi connectivity index (χ4n) is 3.64. The van der Waals surface area contributed by atoms with Crippen LogP contribution in [0, 0.1) is 0 Å². The third-order valence-corrected chi connectivity index (χ3v) is 5.59. The van der Waals surface area contributed by atoms with Gasteiger partial charge in [-0.15, -0.1) is 0 Å². The van der Waals surface area contributed by atoms with Crippen molar-refractivity contribution in [2.45, 2.75) is 110 Å². The van der Waals surface area contributed by atoms with E-state index in [-0.39, 0.29) is 35.1 Å². The summed E-state index contributed by atoms with van der Waals surface area (Å²) in [5.41, 5.74) is 0.431. The second-order valence-corrected chi connectivity index (χ2v) is 8.30. The Hall–Kier alpha value is -0.840. The van der Waals surface area contributed by atoms with E-state index in [1.54, 1.807) is 0 Å². The molecule has 5 heteroatoms. The SMILES string of the molecule is CCCCCCCCCCCCCCCCCCOC(=O)c1ccc(C(=O)[O-])cc1.[Na+]. The van der Waals surface area contributed by atoms with Crippen LogP contribution in [0.4, 0.5) is 0 Å². The molecule has 0 aliphatic heterocycles. The molecule has 0 unspecified atom stereocenters. The van der Waals surface area contributed by atoms with E-state index in [4.69, 9.17) is 4.74 Å². The van der Waals surface area contributed by atoms with E-state index in [1.165, 1.54) is 114 Å². The van der Waals surface area contributed by atoms with Gasteiger partial charge in [0.05, 0.1) is 18.1 Å². The maximum absolute atomic E-state index is 11.9. The first-order valence-electron chi connectivity index (χ1n) is 12.1. The van der Waals surface area contributed by atoms with Crippen LogP contribution in [-0.2, 0) is 4.74 Å². The van der Waals surface area contributed by atoms with Gasteiger partial charge in [-0.1, -0.05) is 115 Å². The predicted molar refractivity (Wildman–Crippen MR) is 121 cm³/mol. The van der Waals surface area contributed by atoms with Crippen LogP contribution in [0.5, 0.6) is 0 Å². The quantitative estimate of drug-likeness (QED) is 0.188. The second-order valence-electron chi connectivity index (χ2n) is 8.30. The van der Waals surface area contributed by atoms with Crippen LogP contribution in [0.15, 0.2) is 24.3 Å². The van der Waals surface area contributed by atoms with Crippen molar-refractivity contribution in [3.63, 3.8) is 0 Å². The molecule has 0 fully saturated rings. The zero-order chi connectivity index (χ0) is 21.9. The number of carboxylic acid groups (broad SMARTS) is 1. The van der Waals surface area contributed by atoms with E-state index >= 15 is 0 Å². The van der Waals surface area contributed by atoms with Crippen molar-refractivity contribution in [1.29, 1.82) is 0 Å². The van der Waals surface area contributed by atoms with Gasteiger partial charge in [0.1, 0.15) is 0 Å². The Balaban J connectivity index is 0.00000900. The number of benzene rings is 1. The summed E-state index contributed by atoms with van der Waals surface area (Å²) in [5.74, 6) is -1.65. The van der Waals surface area contributed by atoms with Crippen LogP contribution >= 0.6 is 0 Å². The van der Waals surface area contributed by atoms with Gasteiger partial charge in [0.25, 0.3) is 0 Å². The normalized spacial score (nSPS) is 10.5. The maximum Gasteiger partial charge on any atom is 1.00 e. The predicted octanol–water partition coefficient (Wildman–Crippen LogP) is 3.47. The van der Waals surface area contributed by atoms with Gasteiger partial charge in [0, 0.05) is 0 Å². The van der Waals surface area contributed by atoms with Gasteiger partial charge in [0.2, 0.25) is 0 Å². The van der Waals surface area contributed by atoms with Crippen molar-refractivity contribution in [3.05, 3.63) is 35.4 Å². The third-order valence-electron chi connectivity index (χ3n) is 5.59. The van der Waals surface area contributed by atoms with Crippen LogP contribution in [-0.4, -0.2) is 18.5 Å². The Labute approximate surface area is 211 Å². The largest absolute Gasteiger partial charge is 1.00 e. The number of carbonyl (C=O) groups excluding carboxylic acids is 2. The third kappa shape index (κ3) is 16.5. The Morgan fingerprint density at radius 1 is 0.645 bits per heavy atom. The summed E-state index contributed by atoms with van der Waals surface area (Å²) < 4.78 is 5.25. The summed E-state index contributed by atoms with van der Waals surface area (Å²) in [6.07, 6.45) is 21.0. The monoisotopic (exact) mass is 440 g/mol. The molecule has 0 atom stereocenters. The minimum absolute atomic E-state index is 0. The molecule has 170 valence electrons. The molecule has 0 radical (unpaired) electrons. The molecular weight excluding hydrogens is 399 g/mol. The van der Waals surface area contributed by atoms with Gasteiger partial charge < -0.3 is 14.6 Å². The zero-order valence-corrected chi connectivity index (χ0v) is 22.0. The van der Waals surface area contributed by atoms with Gasteiger partial charge in [-0.25, -0.2) is 4.79 Å². The Kier molecular flexibility index (Phi) is 20.5. The number of carboxylic acids is 1. The molecule has 0 aromatic heterocycles. The number of ether oxygens (including phenoxy) is 1. The van der Waals surface area contributed by atoms with Crippen molar-refractivity contribution < 1.29 is 49.0 Å². The summed E-state index contributed by atoms with van der Waals surface area (Å²) in [4.78, 5) is 22.6. The topological polar surface area (TPSA) is 66.4 Å². The van der Waals surface area contributed by atoms with E-state index in [0.717, 1.165) is 12.8 Å². The number of hydrogen-bond donors (Lipinski definition) is 0. The number of rotatable bonds is 19. The molecular formula is C26H41NaO4. The minimum atomic E-state index is -1.25. The van der Waals surface area contributed by atoms with E-state index in [1.807, 2.05) is 0 Å². The number of esters is 1. The summed E-state index contributed by atoms with van der Waals surface area (Å²) in [6, 6.07) is 5.64. The molecule has 0 heterocycles. The summed E-state index contributed by atoms with van der Waals surface area (Å²) in [7, 11) is 0. The molecule has 1 aromatic carbocycles. The van der Waals surface area contributed by atoms with Crippen LogP contribution in [0.2, 0.25) is 0 Å². The van der Waals surface area contributed by atoms with Gasteiger partial charge in [-0.05, 0) is 24.1 Å². The summed E-state index contributed by atoms with van der Waals surface area (Å²) in [6.45, 7) is 2.68. The molecule has 0 spiro atoms. The first-order chi connectivity index (χ1) is 14.6. The van der Waals surface area contributed by atoms with E-state index < -0.39 is 11.9 Å². The average Bonchev–Trinajstić information content (AvgIpc) is 2.75. The second kappa shape index (κ2) is 21.0. The number of hydrogen-bond acceptors (Lipinski definition) is 4. The van der Waals surface area contributed by atoms with Crippen LogP contribution < -0.4 is 34.7 Å². The Bertz CT molecular complexity index is 571. The van der Waals surface area contributed by atoms with Crippen molar-refractivity contribution in [3.8, 4) is 0 Å². The molecule has 0 saturated carbocycles.